The molecule has 0 saturated carbocycles. The molecule has 1 heterocycles. The third-order valence-electron chi connectivity index (χ3n) is 5.73. The number of ether oxygens (including phenoxy) is 1. The van der Waals surface area contributed by atoms with Crippen LogP contribution in [-0.2, 0) is 6.42 Å². The number of benzene rings is 2. The molecule has 0 radical (unpaired) electrons. The Bertz CT molecular complexity index is 671. The molecule has 1 aliphatic heterocycles. The van der Waals surface area contributed by atoms with E-state index in [0.717, 1.165) is 31.9 Å². The lowest BCUT2D eigenvalue weighted by Gasteiger charge is -2.23. The molecule has 0 spiro atoms. The van der Waals surface area contributed by atoms with Crippen LogP contribution < -0.4 is 10.1 Å². The van der Waals surface area contributed by atoms with E-state index in [1.54, 1.807) is 0 Å². The van der Waals surface area contributed by atoms with Crippen LogP contribution >= 0.6 is 0 Å². The van der Waals surface area contributed by atoms with Crippen LogP contribution in [0.25, 0.3) is 0 Å². The number of hydrogen-bond donors (Lipinski definition) is 1. The molecule has 1 N–H and O–H groups in total. The van der Waals surface area contributed by atoms with Gasteiger partial charge in [0.05, 0.1) is 6.61 Å². The second kappa shape index (κ2) is 10.5. The van der Waals surface area contributed by atoms with Crippen molar-refractivity contribution >= 4 is 0 Å². The van der Waals surface area contributed by atoms with Gasteiger partial charge >= 0.3 is 0 Å². The fourth-order valence-corrected chi connectivity index (χ4v) is 4.10. The van der Waals surface area contributed by atoms with E-state index in [-0.39, 0.29) is 0 Å². The predicted octanol–water partition coefficient (Wildman–Crippen LogP) is 6.07. The van der Waals surface area contributed by atoms with Gasteiger partial charge in [0.15, 0.2) is 0 Å². The molecule has 2 nitrogen and oxygen atoms in total. The van der Waals surface area contributed by atoms with Gasteiger partial charge in [-0.1, -0.05) is 50.2 Å². The molecule has 0 aliphatic carbocycles. The Morgan fingerprint density at radius 2 is 1.67 bits per heavy atom. The monoisotopic (exact) mass is 365 g/mol. The topological polar surface area (TPSA) is 21.3 Å². The lowest BCUT2D eigenvalue weighted by atomic mass is 9.90. The maximum atomic E-state index is 5.95. The fourth-order valence-electron chi connectivity index (χ4n) is 4.10. The molecule has 0 bridgehead atoms. The molecule has 3 rings (SSSR count). The minimum absolute atomic E-state index is 0.609. The first kappa shape index (κ1) is 19.9. The lowest BCUT2D eigenvalue weighted by Crippen LogP contribution is -2.26. The summed E-state index contributed by atoms with van der Waals surface area (Å²) in [5, 5.41) is 3.43. The minimum Gasteiger partial charge on any atom is -0.494 e. The summed E-state index contributed by atoms with van der Waals surface area (Å²) in [6.45, 7) is 7.67. The van der Waals surface area contributed by atoms with Gasteiger partial charge in [0.1, 0.15) is 5.75 Å². The van der Waals surface area contributed by atoms with Gasteiger partial charge in [-0.2, -0.15) is 0 Å². The maximum absolute atomic E-state index is 5.95. The van der Waals surface area contributed by atoms with Crippen molar-refractivity contribution in [2.75, 3.05) is 19.7 Å². The summed E-state index contributed by atoms with van der Waals surface area (Å²) in [5.74, 6) is 2.34. The Balaban J connectivity index is 1.34. The Hall–Kier alpha value is -1.80. The minimum atomic E-state index is 0.609. The Labute approximate surface area is 165 Å². The standard InChI is InChI=1S/C25H35NO/c1-20(2)25-10-6-5-9-23(25)8-4-3-7-19-27-24-13-11-21(12-14-24)22-15-17-26-18-16-22/h5-6,9-14,20,22,26H,3-4,7-8,15-19H2,1-2H3. The van der Waals surface area contributed by atoms with Gasteiger partial charge in [-0.3, -0.25) is 0 Å². The highest BCUT2D eigenvalue weighted by Crippen LogP contribution is 2.27. The van der Waals surface area contributed by atoms with Gasteiger partial charge in [-0.05, 0) is 92.3 Å². The summed E-state index contributed by atoms with van der Waals surface area (Å²) in [4.78, 5) is 0. The highest BCUT2D eigenvalue weighted by molar-refractivity contribution is 5.30. The van der Waals surface area contributed by atoms with Crippen molar-refractivity contribution in [1.29, 1.82) is 0 Å². The second-order valence-corrected chi connectivity index (χ2v) is 8.11. The summed E-state index contributed by atoms with van der Waals surface area (Å²) in [5.41, 5.74) is 4.48. The summed E-state index contributed by atoms with van der Waals surface area (Å²) in [7, 11) is 0. The van der Waals surface area contributed by atoms with Crippen molar-refractivity contribution < 1.29 is 4.74 Å². The van der Waals surface area contributed by atoms with Gasteiger partial charge in [0.25, 0.3) is 0 Å². The zero-order valence-corrected chi connectivity index (χ0v) is 17.0. The van der Waals surface area contributed by atoms with Crippen LogP contribution in [0, 0.1) is 0 Å². The van der Waals surface area contributed by atoms with Crippen molar-refractivity contribution in [2.45, 2.75) is 64.2 Å². The molecule has 0 unspecified atom stereocenters. The van der Waals surface area contributed by atoms with Gasteiger partial charge in [-0.25, -0.2) is 0 Å². The first-order valence-corrected chi connectivity index (χ1v) is 10.8. The van der Waals surface area contributed by atoms with E-state index < -0.39 is 0 Å². The van der Waals surface area contributed by atoms with Crippen molar-refractivity contribution in [3.63, 3.8) is 0 Å². The van der Waals surface area contributed by atoms with E-state index in [9.17, 15) is 0 Å². The zero-order chi connectivity index (χ0) is 18.9. The second-order valence-electron chi connectivity index (χ2n) is 8.11. The lowest BCUT2D eigenvalue weighted by molar-refractivity contribution is 0.305. The average Bonchev–Trinajstić information content (AvgIpc) is 2.72. The number of nitrogens with one attached hydrogen (secondary N) is 1. The van der Waals surface area contributed by atoms with Crippen LogP contribution in [0.15, 0.2) is 48.5 Å². The Kier molecular flexibility index (Phi) is 7.77. The molecular formula is C25H35NO. The molecule has 2 aromatic rings. The summed E-state index contributed by atoms with van der Waals surface area (Å²) < 4.78 is 5.95. The third kappa shape index (κ3) is 6.10. The van der Waals surface area contributed by atoms with Gasteiger partial charge in [-0.15, -0.1) is 0 Å². The third-order valence-corrected chi connectivity index (χ3v) is 5.73. The van der Waals surface area contributed by atoms with Crippen LogP contribution in [0.1, 0.15) is 74.5 Å². The summed E-state index contributed by atoms with van der Waals surface area (Å²) in [6, 6.07) is 17.7. The van der Waals surface area contributed by atoms with Gasteiger partial charge in [0, 0.05) is 0 Å². The number of unbranched alkanes of at least 4 members (excludes halogenated alkanes) is 2. The fraction of sp³-hybridized carbons (Fsp3) is 0.520. The SMILES string of the molecule is CC(C)c1ccccc1CCCCCOc1ccc(C2CCNCC2)cc1. The molecule has 146 valence electrons. The zero-order valence-electron chi connectivity index (χ0n) is 17.0. The molecular weight excluding hydrogens is 330 g/mol. The molecule has 1 fully saturated rings. The summed E-state index contributed by atoms with van der Waals surface area (Å²) in [6.07, 6.45) is 7.26. The first-order chi connectivity index (χ1) is 13.2. The molecule has 0 amide bonds. The quantitative estimate of drug-likeness (QED) is 0.545. The average molecular weight is 366 g/mol. The molecule has 2 heteroatoms. The molecule has 27 heavy (non-hydrogen) atoms. The number of hydrogen-bond acceptors (Lipinski definition) is 2. The van der Waals surface area contributed by atoms with Crippen LogP contribution in [0.3, 0.4) is 0 Å². The smallest absolute Gasteiger partial charge is 0.119 e. The first-order valence-electron chi connectivity index (χ1n) is 10.8. The molecule has 1 saturated heterocycles. The van der Waals surface area contributed by atoms with Crippen molar-refractivity contribution in [3.8, 4) is 5.75 Å². The van der Waals surface area contributed by atoms with E-state index in [1.807, 2.05) is 0 Å². The largest absolute Gasteiger partial charge is 0.494 e. The van der Waals surface area contributed by atoms with Gasteiger partial charge < -0.3 is 10.1 Å². The van der Waals surface area contributed by atoms with E-state index in [0.29, 0.717) is 11.8 Å². The number of piperidine rings is 1. The van der Waals surface area contributed by atoms with Crippen molar-refractivity contribution in [1.82, 2.24) is 5.32 Å². The van der Waals surface area contributed by atoms with Crippen LogP contribution in [0.2, 0.25) is 0 Å². The Morgan fingerprint density at radius 1 is 0.926 bits per heavy atom. The Morgan fingerprint density at radius 3 is 2.41 bits per heavy atom. The van der Waals surface area contributed by atoms with E-state index >= 15 is 0 Å². The highest BCUT2D eigenvalue weighted by atomic mass is 16.5. The summed E-state index contributed by atoms with van der Waals surface area (Å²) >= 11 is 0. The van der Waals surface area contributed by atoms with Crippen LogP contribution in [0.4, 0.5) is 0 Å². The van der Waals surface area contributed by atoms with Crippen LogP contribution in [0.5, 0.6) is 5.75 Å². The van der Waals surface area contributed by atoms with Crippen LogP contribution in [-0.4, -0.2) is 19.7 Å². The number of rotatable bonds is 9. The number of aryl methyl sites for hydroxylation is 1. The predicted molar refractivity (Wildman–Crippen MR) is 115 cm³/mol. The molecule has 1 aliphatic rings. The highest BCUT2D eigenvalue weighted by Gasteiger charge is 2.14. The van der Waals surface area contributed by atoms with Crippen molar-refractivity contribution in [2.24, 2.45) is 0 Å². The molecule has 2 aromatic carbocycles. The van der Waals surface area contributed by atoms with Gasteiger partial charge in [0.2, 0.25) is 0 Å². The normalized spacial score (nSPS) is 15.2. The molecule has 0 atom stereocenters. The maximum Gasteiger partial charge on any atom is 0.119 e. The van der Waals surface area contributed by atoms with E-state index in [4.69, 9.17) is 4.74 Å². The molecule has 0 aromatic heterocycles. The van der Waals surface area contributed by atoms with Crippen molar-refractivity contribution in [3.05, 3.63) is 65.2 Å². The van der Waals surface area contributed by atoms with E-state index in [2.05, 4.69) is 67.7 Å². The van der Waals surface area contributed by atoms with E-state index in [1.165, 1.54) is 48.8 Å².